The van der Waals surface area contributed by atoms with Gasteiger partial charge in [0.05, 0.1) is 0 Å². The van der Waals surface area contributed by atoms with Gasteiger partial charge in [-0.15, -0.1) is 0 Å². The normalized spacial score (nSPS) is 15.6. The van der Waals surface area contributed by atoms with E-state index in [4.69, 9.17) is 5.73 Å². The third-order valence-electron chi connectivity index (χ3n) is 2.93. The van der Waals surface area contributed by atoms with Gasteiger partial charge in [0.25, 0.3) is 0 Å². The highest BCUT2D eigenvalue weighted by Crippen LogP contribution is 2.33. The Kier molecular flexibility index (Phi) is 2.86. The fraction of sp³-hybridized carbons (Fsp3) is 0.500. The highest BCUT2D eigenvalue weighted by Gasteiger charge is 2.27. The summed E-state index contributed by atoms with van der Waals surface area (Å²) in [5.74, 6) is 0.583. The van der Waals surface area contributed by atoms with E-state index in [-0.39, 0.29) is 5.92 Å². The van der Waals surface area contributed by atoms with Crippen molar-refractivity contribution < 1.29 is 5.11 Å². The van der Waals surface area contributed by atoms with Crippen LogP contribution in [-0.4, -0.2) is 5.11 Å². The Hall–Kier alpha value is -1.02. The van der Waals surface area contributed by atoms with E-state index in [2.05, 4.69) is 13.8 Å². The third kappa shape index (κ3) is 1.90. The van der Waals surface area contributed by atoms with Crippen LogP contribution in [0, 0.1) is 12.8 Å². The maximum absolute atomic E-state index is 9.80. The molecule has 1 rings (SSSR count). The van der Waals surface area contributed by atoms with Gasteiger partial charge in [0.15, 0.2) is 0 Å². The number of phenolic OH excluding ortho intramolecular Hbond substituents is 1. The first-order valence-electron chi connectivity index (χ1n) is 4.94. The zero-order chi connectivity index (χ0) is 10.9. The molecule has 78 valence electrons. The van der Waals surface area contributed by atoms with E-state index < -0.39 is 5.54 Å². The predicted molar refractivity (Wildman–Crippen MR) is 59.2 cm³/mol. The van der Waals surface area contributed by atoms with Gasteiger partial charge < -0.3 is 10.8 Å². The summed E-state index contributed by atoms with van der Waals surface area (Å²) in [4.78, 5) is 0. The number of aromatic hydroxyl groups is 1. The predicted octanol–water partition coefficient (Wildman–Crippen LogP) is 2.53. The highest BCUT2D eigenvalue weighted by atomic mass is 16.3. The van der Waals surface area contributed by atoms with Gasteiger partial charge in [-0.25, -0.2) is 0 Å². The van der Waals surface area contributed by atoms with E-state index in [1.807, 2.05) is 26.0 Å². The van der Waals surface area contributed by atoms with Gasteiger partial charge >= 0.3 is 0 Å². The second-order valence-corrected chi connectivity index (χ2v) is 4.46. The molecule has 0 aliphatic heterocycles. The van der Waals surface area contributed by atoms with Crippen LogP contribution < -0.4 is 5.73 Å². The minimum atomic E-state index is -0.474. The number of hydrogen-bond donors (Lipinski definition) is 2. The lowest BCUT2D eigenvalue weighted by Crippen LogP contribution is -2.38. The molecule has 2 nitrogen and oxygen atoms in total. The smallest absolute Gasteiger partial charge is 0.120 e. The van der Waals surface area contributed by atoms with E-state index in [1.165, 1.54) is 0 Å². The van der Waals surface area contributed by atoms with Gasteiger partial charge in [0, 0.05) is 11.1 Å². The topological polar surface area (TPSA) is 46.2 Å². The van der Waals surface area contributed by atoms with E-state index in [1.54, 1.807) is 6.07 Å². The molecule has 2 heteroatoms. The molecule has 0 aromatic heterocycles. The number of nitrogens with two attached hydrogens (primary N) is 1. The molecule has 0 spiro atoms. The van der Waals surface area contributed by atoms with Crippen molar-refractivity contribution in [3.8, 4) is 5.75 Å². The third-order valence-corrected chi connectivity index (χ3v) is 2.93. The molecule has 0 saturated heterocycles. The van der Waals surface area contributed by atoms with Crippen molar-refractivity contribution in [2.75, 3.05) is 0 Å². The van der Waals surface area contributed by atoms with Crippen LogP contribution in [0.2, 0.25) is 0 Å². The zero-order valence-electron chi connectivity index (χ0n) is 9.33. The van der Waals surface area contributed by atoms with Crippen LogP contribution in [0.1, 0.15) is 31.9 Å². The Morgan fingerprint density at radius 2 is 1.93 bits per heavy atom. The Bertz CT molecular complexity index is 329. The van der Waals surface area contributed by atoms with Crippen LogP contribution in [-0.2, 0) is 5.54 Å². The molecular weight excluding hydrogens is 174 g/mol. The molecule has 0 aliphatic rings. The van der Waals surface area contributed by atoms with Crippen molar-refractivity contribution in [2.45, 2.75) is 33.2 Å². The number of benzene rings is 1. The molecule has 1 aromatic carbocycles. The maximum Gasteiger partial charge on any atom is 0.120 e. The standard InChI is InChI=1S/C12H19NO/c1-8(2)12(4,13)10-6-5-9(3)7-11(10)14/h5-8,14H,13H2,1-4H3/t12-/m1/s1. The molecular formula is C12H19NO. The Morgan fingerprint density at radius 3 is 2.36 bits per heavy atom. The minimum absolute atomic E-state index is 0.288. The largest absolute Gasteiger partial charge is 0.508 e. The van der Waals surface area contributed by atoms with Crippen molar-refractivity contribution >= 4 is 0 Å². The number of hydrogen-bond acceptors (Lipinski definition) is 2. The Morgan fingerprint density at radius 1 is 1.36 bits per heavy atom. The molecule has 1 atom stereocenters. The summed E-state index contributed by atoms with van der Waals surface area (Å²) in [7, 11) is 0. The number of aryl methyl sites for hydroxylation is 1. The van der Waals surface area contributed by atoms with Gasteiger partial charge in [-0.05, 0) is 31.4 Å². The van der Waals surface area contributed by atoms with Gasteiger partial charge in [0.2, 0.25) is 0 Å². The van der Waals surface area contributed by atoms with Crippen LogP contribution in [0.15, 0.2) is 18.2 Å². The van der Waals surface area contributed by atoms with Crippen LogP contribution in [0.4, 0.5) is 0 Å². The van der Waals surface area contributed by atoms with Gasteiger partial charge in [-0.3, -0.25) is 0 Å². The average molecular weight is 193 g/mol. The van der Waals surface area contributed by atoms with Crippen LogP contribution in [0.3, 0.4) is 0 Å². The van der Waals surface area contributed by atoms with Crippen LogP contribution >= 0.6 is 0 Å². The van der Waals surface area contributed by atoms with E-state index in [0.29, 0.717) is 5.75 Å². The quantitative estimate of drug-likeness (QED) is 0.758. The zero-order valence-corrected chi connectivity index (χ0v) is 9.33. The summed E-state index contributed by atoms with van der Waals surface area (Å²) in [5, 5.41) is 9.80. The second-order valence-electron chi connectivity index (χ2n) is 4.46. The molecule has 1 aromatic rings. The molecule has 0 unspecified atom stereocenters. The van der Waals surface area contributed by atoms with Crippen molar-refractivity contribution in [2.24, 2.45) is 11.7 Å². The maximum atomic E-state index is 9.80. The summed E-state index contributed by atoms with van der Waals surface area (Å²) in [6.45, 7) is 8.01. The van der Waals surface area contributed by atoms with Gasteiger partial charge in [0.1, 0.15) is 5.75 Å². The van der Waals surface area contributed by atoms with E-state index >= 15 is 0 Å². The SMILES string of the molecule is Cc1ccc([C@](C)(N)C(C)C)c(O)c1. The van der Waals surface area contributed by atoms with Crippen molar-refractivity contribution in [1.82, 2.24) is 0 Å². The summed E-state index contributed by atoms with van der Waals surface area (Å²) in [6, 6.07) is 5.63. The lowest BCUT2D eigenvalue weighted by atomic mass is 9.82. The molecule has 0 saturated carbocycles. The Balaban J connectivity index is 3.19. The average Bonchev–Trinajstić information content (AvgIpc) is 2.02. The van der Waals surface area contributed by atoms with Gasteiger partial charge in [-0.2, -0.15) is 0 Å². The molecule has 0 bridgehead atoms. The number of phenols is 1. The molecule has 3 N–H and O–H groups in total. The molecule has 14 heavy (non-hydrogen) atoms. The second kappa shape index (κ2) is 3.62. The summed E-state index contributed by atoms with van der Waals surface area (Å²) < 4.78 is 0. The Labute approximate surface area is 85.8 Å². The first-order valence-corrected chi connectivity index (χ1v) is 4.94. The minimum Gasteiger partial charge on any atom is -0.508 e. The fourth-order valence-corrected chi connectivity index (χ4v) is 1.41. The lowest BCUT2D eigenvalue weighted by Gasteiger charge is -2.30. The highest BCUT2D eigenvalue weighted by molar-refractivity contribution is 5.40. The molecule has 0 amide bonds. The molecule has 0 radical (unpaired) electrons. The van der Waals surface area contributed by atoms with Gasteiger partial charge in [-0.1, -0.05) is 26.0 Å². The first-order chi connectivity index (χ1) is 6.35. The molecule has 0 fully saturated rings. The van der Waals surface area contributed by atoms with E-state index in [0.717, 1.165) is 11.1 Å². The molecule has 0 heterocycles. The monoisotopic (exact) mass is 193 g/mol. The number of rotatable bonds is 2. The van der Waals surface area contributed by atoms with Crippen molar-refractivity contribution in [3.05, 3.63) is 29.3 Å². The van der Waals surface area contributed by atoms with Crippen LogP contribution in [0.25, 0.3) is 0 Å². The molecule has 0 aliphatic carbocycles. The lowest BCUT2D eigenvalue weighted by molar-refractivity contribution is 0.333. The first kappa shape index (κ1) is 11.1. The van der Waals surface area contributed by atoms with Crippen LogP contribution in [0.5, 0.6) is 5.75 Å². The van der Waals surface area contributed by atoms with Crippen molar-refractivity contribution in [3.63, 3.8) is 0 Å². The van der Waals surface area contributed by atoms with E-state index in [9.17, 15) is 5.11 Å². The fourth-order valence-electron chi connectivity index (χ4n) is 1.41. The summed E-state index contributed by atoms with van der Waals surface area (Å²) in [6.07, 6.45) is 0. The summed E-state index contributed by atoms with van der Waals surface area (Å²) in [5.41, 5.74) is 7.56. The van der Waals surface area contributed by atoms with Crippen molar-refractivity contribution in [1.29, 1.82) is 0 Å². The summed E-state index contributed by atoms with van der Waals surface area (Å²) >= 11 is 0.